The van der Waals surface area contributed by atoms with E-state index in [1.165, 1.54) is 16.7 Å². The molecule has 0 radical (unpaired) electrons. The van der Waals surface area contributed by atoms with Crippen LogP contribution >= 0.6 is 0 Å². The van der Waals surface area contributed by atoms with E-state index in [9.17, 15) is 0 Å². The molecular formula is C16H19N. The predicted octanol–water partition coefficient (Wildman–Crippen LogP) is 4.23. The van der Waals surface area contributed by atoms with E-state index in [4.69, 9.17) is 5.73 Å². The smallest absolute Gasteiger partial charge is 0.0320 e. The lowest BCUT2D eigenvalue weighted by Crippen LogP contribution is -2.10. The van der Waals surface area contributed by atoms with Gasteiger partial charge in [-0.1, -0.05) is 57.2 Å². The average Bonchev–Trinajstić information content (AvgIpc) is 2.28. The number of nitrogen functional groups attached to an aromatic ring is 1. The van der Waals surface area contributed by atoms with E-state index in [0.29, 0.717) is 0 Å². The third-order valence-electron chi connectivity index (χ3n) is 2.97. The second-order valence-corrected chi connectivity index (χ2v) is 5.45. The molecule has 0 fully saturated rings. The molecule has 1 nitrogen and oxygen atoms in total. The molecule has 0 aliphatic heterocycles. The first kappa shape index (κ1) is 11.7. The molecule has 0 atom stereocenters. The molecule has 88 valence electrons. The van der Waals surface area contributed by atoms with Crippen molar-refractivity contribution in [1.29, 1.82) is 0 Å². The summed E-state index contributed by atoms with van der Waals surface area (Å²) in [6.07, 6.45) is 0. The summed E-state index contributed by atoms with van der Waals surface area (Å²) < 4.78 is 0. The summed E-state index contributed by atoms with van der Waals surface area (Å²) in [5.41, 5.74) is 10.5. The Morgan fingerprint density at radius 1 is 0.824 bits per heavy atom. The molecular weight excluding hydrogens is 206 g/mol. The summed E-state index contributed by atoms with van der Waals surface area (Å²) in [7, 11) is 0. The van der Waals surface area contributed by atoms with Crippen LogP contribution in [-0.2, 0) is 5.41 Å². The van der Waals surface area contributed by atoms with Crippen molar-refractivity contribution in [3.63, 3.8) is 0 Å². The zero-order valence-electron chi connectivity index (χ0n) is 10.7. The van der Waals surface area contributed by atoms with E-state index in [1.54, 1.807) is 0 Å². The van der Waals surface area contributed by atoms with Crippen molar-refractivity contribution in [2.75, 3.05) is 5.73 Å². The Balaban J connectivity index is 2.36. The molecule has 2 aromatic rings. The highest BCUT2D eigenvalue weighted by atomic mass is 14.5. The Kier molecular flexibility index (Phi) is 2.93. The fraction of sp³-hybridized carbons (Fsp3) is 0.250. The van der Waals surface area contributed by atoms with Gasteiger partial charge in [0, 0.05) is 5.69 Å². The minimum Gasteiger partial charge on any atom is -0.399 e. The Hall–Kier alpha value is -1.76. The maximum Gasteiger partial charge on any atom is 0.0320 e. The second-order valence-electron chi connectivity index (χ2n) is 5.45. The van der Waals surface area contributed by atoms with Crippen LogP contribution in [0.15, 0.2) is 48.5 Å². The summed E-state index contributed by atoms with van der Waals surface area (Å²) in [5.74, 6) is 0. The molecule has 0 bridgehead atoms. The highest BCUT2D eigenvalue weighted by molar-refractivity contribution is 5.67. The molecule has 2 rings (SSSR count). The van der Waals surface area contributed by atoms with Crippen molar-refractivity contribution in [3.8, 4) is 11.1 Å². The van der Waals surface area contributed by atoms with Crippen molar-refractivity contribution in [3.05, 3.63) is 54.1 Å². The largest absolute Gasteiger partial charge is 0.399 e. The number of hydrogen-bond donors (Lipinski definition) is 1. The van der Waals surface area contributed by atoms with Gasteiger partial charge in [0.25, 0.3) is 0 Å². The molecule has 2 aromatic carbocycles. The predicted molar refractivity (Wildman–Crippen MR) is 75.0 cm³/mol. The van der Waals surface area contributed by atoms with Crippen LogP contribution in [0.4, 0.5) is 5.69 Å². The molecule has 1 heteroatoms. The van der Waals surface area contributed by atoms with Crippen molar-refractivity contribution in [2.24, 2.45) is 0 Å². The fourth-order valence-electron chi connectivity index (χ4n) is 1.88. The van der Waals surface area contributed by atoms with Gasteiger partial charge in [-0.15, -0.1) is 0 Å². The lowest BCUT2D eigenvalue weighted by molar-refractivity contribution is 0.590. The molecule has 0 aromatic heterocycles. The Bertz CT molecular complexity index is 504. The van der Waals surface area contributed by atoms with Gasteiger partial charge < -0.3 is 5.73 Å². The molecule has 0 aliphatic carbocycles. The molecule has 0 heterocycles. The van der Waals surface area contributed by atoms with Gasteiger partial charge in [0.2, 0.25) is 0 Å². The van der Waals surface area contributed by atoms with E-state index in [0.717, 1.165) is 5.69 Å². The van der Waals surface area contributed by atoms with Crippen LogP contribution in [-0.4, -0.2) is 0 Å². The summed E-state index contributed by atoms with van der Waals surface area (Å²) >= 11 is 0. The second kappa shape index (κ2) is 4.25. The first-order valence-corrected chi connectivity index (χ1v) is 5.93. The molecule has 0 saturated carbocycles. The summed E-state index contributed by atoms with van der Waals surface area (Å²) in [4.78, 5) is 0. The van der Waals surface area contributed by atoms with Crippen molar-refractivity contribution in [2.45, 2.75) is 26.2 Å². The monoisotopic (exact) mass is 225 g/mol. The molecule has 0 saturated heterocycles. The third kappa shape index (κ3) is 2.68. The molecule has 17 heavy (non-hydrogen) atoms. The minimum absolute atomic E-state index is 0.203. The van der Waals surface area contributed by atoms with Crippen LogP contribution < -0.4 is 5.73 Å². The molecule has 0 unspecified atom stereocenters. The lowest BCUT2D eigenvalue weighted by Gasteiger charge is -2.19. The van der Waals surface area contributed by atoms with Gasteiger partial charge in [0.05, 0.1) is 0 Å². The molecule has 2 N–H and O–H groups in total. The Morgan fingerprint density at radius 3 is 2.00 bits per heavy atom. The van der Waals surface area contributed by atoms with Gasteiger partial charge in [-0.05, 0) is 34.2 Å². The third-order valence-corrected chi connectivity index (χ3v) is 2.97. The normalized spacial score (nSPS) is 11.5. The highest BCUT2D eigenvalue weighted by Gasteiger charge is 2.12. The summed E-state index contributed by atoms with van der Waals surface area (Å²) in [5, 5.41) is 0. The first-order valence-electron chi connectivity index (χ1n) is 5.93. The molecule has 0 amide bonds. The first-order chi connectivity index (χ1) is 7.97. The van der Waals surface area contributed by atoms with Gasteiger partial charge >= 0.3 is 0 Å². The van der Waals surface area contributed by atoms with E-state index < -0.39 is 0 Å². The number of benzene rings is 2. The standard InChI is InChI=1S/C16H19N/c1-16(2,3)14-9-7-12(8-10-14)13-5-4-6-15(17)11-13/h4-11H,17H2,1-3H3. The van der Waals surface area contributed by atoms with Crippen molar-refractivity contribution in [1.82, 2.24) is 0 Å². The zero-order valence-corrected chi connectivity index (χ0v) is 10.7. The topological polar surface area (TPSA) is 26.0 Å². The quantitative estimate of drug-likeness (QED) is 0.722. The van der Waals surface area contributed by atoms with E-state index >= 15 is 0 Å². The highest BCUT2D eigenvalue weighted by Crippen LogP contribution is 2.26. The maximum atomic E-state index is 5.80. The minimum atomic E-state index is 0.203. The van der Waals surface area contributed by atoms with Gasteiger partial charge in [0.1, 0.15) is 0 Å². The SMILES string of the molecule is CC(C)(C)c1ccc(-c2cccc(N)c2)cc1. The van der Waals surface area contributed by atoms with Gasteiger partial charge in [-0.25, -0.2) is 0 Å². The number of anilines is 1. The van der Waals surface area contributed by atoms with Crippen molar-refractivity contribution < 1.29 is 0 Å². The van der Waals surface area contributed by atoms with Gasteiger partial charge in [-0.3, -0.25) is 0 Å². The fourth-order valence-corrected chi connectivity index (χ4v) is 1.88. The number of hydrogen-bond acceptors (Lipinski definition) is 1. The van der Waals surface area contributed by atoms with E-state index in [1.807, 2.05) is 18.2 Å². The zero-order chi connectivity index (χ0) is 12.5. The molecule has 0 aliphatic rings. The lowest BCUT2D eigenvalue weighted by atomic mass is 9.86. The van der Waals surface area contributed by atoms with Crippen LogP contribution in [0.25, 0.3) is 11.1 Å². The van der Waals surface area contributed by atoms with Gasteiger partial charge in [0.15, 0.2) is 0 Å². The van der Waals surface area contributed by atoms with Crippen LogP contribution in [0.3, 0.4) is 0 Å². The van der Waals surface area contributed by atoms with E-state index in [-0.39, 0.29) is 5.41 Å². The number of nitrogens with two attached hydrogens (primary N) is 1. The Morgan fingerprint density at radius 2 is 1.47 bits per heavy atom. The van der Waals surface area contributed by atoms with Crippen LogP contribution in [0.1, 0.15) is 26.3 Å². The average molecular weight is 225 g/mol. The van der Waals surface area contributed by atoms with Crippen LogP contribution in [0, 0.1) is 0 Å². The number of rotatable bonds is 1. The van der Waals surface area contributed by atoms with Crippen LogP contribution in [0.5, 0.6) is 0 Å². The Labute approximate surface area is 103 Å². The maximum absolute atomic E-state index is 5.80. The van der Waals surface area contributed by atoms with Crippen molar-refractivity contribution >= 4 is 5.69 Å². The van der Waals surface area contributed by atoms with Gasteiger partial charge in [-0.2, -0.15) is 0 Å². The molecule has 0 spiro atoms. The van der Waals surface area contributed by atoms with E-state index in [2.05, 4.69) is 51.1 Å². The van der Waals surface area contributed by atoms with Crippen LogP contribution in [0.2, 0.25) is 0 Å². The summed E-state index contributed by atoms with van der Waals surface area (Å²) in [6.45, 7) is 6.67. The summed E-state index contributed by atoms with van der Waals surface area (Å²) in [6, 6.07) is 16.7.